The molecular formula is C10H6BrNO2. The molecule has 1 aromatic carbocycles. The average Bonchev–Trinajstić information content (AvgIpc) is 2.67. The van der Waals surface area contributed by atoms with Crippen molar-refractivity contribution in [3.63, 3.8) is 0 Å². The number of halogens is 1. The van der Waals surface area contributed by atoms with E-state index in [0.29, 0.717) is 12.0 Å². The van der Waals surface area contributed by atoms with Crippen LogP contribution in [0.25, 0.3) is 11.3 Å². The Hall–Kier alpha value is -1.42. The van der Waals surface area contributed by atoms with Gasteiger partial charge >= 0.3 is 0 Å². The van der Waals surface area contributed by atoms with Crippen LogP contribution in [0, 0.1) is 0 Å². The second-order valence-corrected chi connectivity index (χ2v) is 3.60. The highest BCUT2D eigenvalue weighted by Crippen LogP contribution is 2.21. The van der Waals surface area contributed by atoms with Crippen LogP contribution in [0.2, 0.25) is 0 Å². The number of benzene rings is 1. The molecule has 0 atom stereocenters. The Morgan fingerprint density at radius 3 is 2.57 bits per heavy atom. The SMILES string of the molecule is O=Cc1ncc(-c2ccc(Br)cc2)o1. The molecule has 1 heterocycles. The molecule has 4 heteroatoms. The van der Waals surface area contributed by atoms with Gasteiger partial charge in [0, 0.05) is 10.0 Å². The van der Waals surface area contributed by atoms with Crippen LogP contribution in [0.5, 0.6) is 0 Å². The van der Waals surface area contributed by atoms with E-state index in [-0.39, 0.29) is 5.89 Å². The Morgan fingerprint density at radius 2 is 2.00 bits per heavy atom. The highest BCUT2D eigenvalue weighted by Gasteiger charge is 2.04. The van der Waals surface area contributed by atoms with E-state index >= 15 is 0 Å². The van der Waals surface area contributed by atoms with Gasteiger partial charge in [-0.2, -0.15) is 0 Å². The van der Waals surface area contributed by atoms with Crippen LogP contribution in [-0.2, 0) is 0 Å². The van der Waals surface area contributed by atoms with Crippen molar-refractivity contribution in [2.24, 2.45) is 0 Å². The minimum absolute atomic E-state index is 0.0999. The predicted octanol–water partition coefficient (Wildman–Crippen LogP) is 2.92. The standard InChI is InChI=1S/C10H6BrNO2/c11-8-3-1-7(2-4-8)9-5-12-10(6-13)14-9/h1-6H. The van der Waals surface area contributed by atoms with Gasteiger partial charge in [0.05, 0.1) is 6.20 Å². The number of hydrogen-bond acceptors (Lipinski definition) is 3. The third kappa shape index (κ3) is 1.75. The smallest absolute Gasteiger partial charge is 0.260 e. The van der Waals surface area contributed by atoms with Gasteiger partial charge in [0.1, 0.15) is 0 Å². The van der Waals surface area contributed by atoms with Crippen LogP contribution in [0.3, 0.4) is 0 Å². The summed E-state index contributed by atoms with van der Waals surface area (Å²) in [4.78, 5) is 14.1. The second kappa shape index (κ2) is 3.75. The predicted molar refractivity (Wildman–Crippen MR) is 55.0 cm³/mol. The quantitative estimate of drug-likeness (QED) is 0.771. The maximum Gasteiger partial charge on any atom is 0.260 e. The molecule has 1 aromatic heterocycles. The summed E-state index contributed by atoms with van der Waals surface area (Å²) in [6.07, 6.45) is 2.12. The molecule has 0 bridgehead atoms. The van der Waals surface area contributed by atoms with Gasteiger partial charge in [0.15, 0.2) is 5.76 Å². The molecule has 3 nitrogen and oxygen atoms in total. The molecule has 0 aliphatic carbocycles. The van der Waals surface area contributed by atoms with Crippen molar-refractivity contribution in [1.29, 1.82) is 0 Å². The lowest BCUT2D eigenvalue weighted by molar-refractivity contribution is 0.109. The fourth-order valence-corrected chi connectivity index (χ4v) is 1.35. The molecule has 0 aliphatic heterocycles. The molecule has 0 saturated heterocycles. The van der Waals surface area contributed by atoms with Crippen LogP contribution in [0.15, 0.2) is 39.4 Å². The number of oxazole rings is 1. The summed E-state index contributed by atoms with van der Waals surface area (Å²) in [5.74, 6) is 0.697. The number of aldehydes is 1. The molecule has 0 amide bonds. The molecule has 70 valence electrons. The highest BCUT2D eigenvalue weighted by molar-refractivity contribution is 9.10. The lowest BCUT2D eigenvalue weighted by atomic mass is 10.2. The van der Waals surface area contributed by atoms with Gasteiger partial charge in [-0.15, -0.1) is 0 Å². The number of carbonyl (C=O) groups excluding carboxylic acids is 1. The molecule has 0 aliphatic rings. The van der Waals surface area contributed by atoms with Crippen molar-refractivity contribution in [1.82, 2.24) is 4.98 Å². The van der Waals surface area contributed by atoms with Gasteiger partial charge in [0.25, 0.3) is 5.89 Å². The molecule has 0 radical (unpaired) electrons. The van der Waals surface area contributed by atoms with E-state index in [2.05, 4.69) is 20.9 Å². The van der Waals surface area contributed by atoms with Crippen LogP contribution >= 0.6 is 15.9 Å². The Balaban J connectivity index is 2.39. The molecule has 0 saturated carbocycles. The number of hydrogen-bond donors (Lipinski definition) is 0. The summed E-state index contributed by atoms with van der Waals surface area (Å²) in [5, 5.41) is 0. The van der Waals surface area contributed by atoms with Gasteiger partial charge in [-0.1, -0.05) is 28.1 Å². The number of carbonyl (C=O) groups is 1. The molecule has 2 rings (SSSR count). The van der Waals surface area contributed by atoms with Gasteiger partial charge in [0.2, 0.25) is 6.29 Å². The van der Waals surface area contributed by atoms with Gasteiger partial charge in [-0.3, -0.25) is 4.79 Å². The first-order valence-electron chi connectivity index (χ1n) is 3.96. The largest absolute Gasteiger partial charge is 0.434 e. The van der Waals surface area contributed by atoms with Crippen LogP contribution < -0.4 is 0 Å². The maximum atomic E-state index is 10.3. The zero-order chi connectivity index (χ0) is 9.97. The lowest BCUT2D eigenvalue weighted by Gasteiger charge is -1.94. The summed E-state index contributed by atoms with van der Waals surface area (Å²) >= 11 is 3.33. The number of rotatable bonds is 2. The average molecular weight is 252 g/mol. The summed E-state index contributed by atoms with van der Waals surface area (Å²) in [6.45, 7) is 0. The fraction of sp³-hybridized carbons (Fsp3) is 0. The van der Waals surface area contributed by atoms with E-state index in [1.54, 1.807) is 0 Å². The Labute approximate surface area is 88.9 Å². The monoisotopic (exact) mass is 251 g/mol. The molecular weight excluding hydrogens is 246 g/mol. The zero-order valence-electron chi connectivity index (χ0n) is 7.11. The summed E-state index contributed by atoms with van der Waals surface area (Å²) < 4.78 is 6.16. The Kier molecular flexibility index (Phi) is 2.45. The Bertz CT molecular complexity index is 447. The van der Waals surface area contributed by atoms with E-state index in [1.165, 1.54) is 6.20 Å². The molecule has 0 N–H and O–H groups in total. The first kappa shape index (κ1) is 9.15. The normalized spacial score (nSPS) is 10.1. The summed E-state index contributed by atoms with van der Waals surface area (Å²) in [6, 6.07) is 7.58. The van der Waals surface area contributed by atoms with Crippen molar-refractivity contribution < 1.29 is 9.21 Å². The minimum Gasteiger partial charge on any atom is -0.434 e. The van der Waals surface area contributed by atoms with Crippen LogP contribution in [0.4, 0.5) is 0 Å². The van der Waals surface area contributed by atoms with E-state index in [4.69, 9.17) is 4.42 Å². The van der Waals surface area contributed by atoms with E-state index in [1.807, 2.05) is 24.3 Å². The second-order valence-electron chi connectivity index (χ2n) is 2.69. The van der Waals surface area contributed by atoms with Crippen LogP contribution in [0.1, 0.15) is 10.7 Å². The van der Waals surface area contributed by atoms with Gasteiger partial charge in [-0.05, 0) is 12.1 Å². The first-order valence-corrected chi connectivity index (χ1v) is 4.76. The molecule has 14 heavy (non-hydrogen) atoms. The fourth-order valence-electron chi connectivity index (χ4n) is 1.09. The molecule has 0 unspecified atom stereocenters. The van der Waals surface area contributed by atoms with E-state index in [0.717, 1.165) is 10.0 Å². The maximum absolute atomic E-state index is 10.3. The van der Waals surface area contributed by atoms with Crippen molar-refractivity contribution >= 4 is 22.2 Å². The third-order valence-electron chi connectivity index (χ3n) is 1.75. The van der Waals surface area contributed by atoms with Crippen molar-refractivity contribution in [3.05, 3.63) is 40.8 Å². The topological polar surface area (TPSA) is 43.1 Å². The van der Waals surface area contributed by atoms with Crippen molar-refractivity contribution in [2.45, 2.75) is 0 Å². The first-order chi connectivity index (χ1) is 6.79. The van der Waals surface area contributed by atoms with Crippen LogP contribution in [-0.4, -0.2) is 11.3 Å². The van der Waals surface area contributed by atoms with E-state index < -0.39 is 0 Å². The molecule has 0 spiro atoms. The van der Waals surface area contributed by atoms with Gasteiger partial charge < -0.3 is 4.42 Å². The zero-order valence-corrected chi connectivity index (χ0v) is 8.69. The van der Waals surface area contributed by atoms with Crippen molar-refractivity contribution in [3.8, 4) is 11.3 Å². The third-order valence-corrected chi connectivity index (χ3v) is 2.28. The summed E-state index contributed by atoms with van der Waals surface area (Å²) in [5.41, 5.74) is 0.897. The van der Waals surface area contributed by atoms with Crippen molar-refractivity contribution in [2.75, 3.05) is 0 Å². The van der Waals surface area contributed by atoms with Gasteiger partial charge in [-0.25, -0.2) is 4.98 Å². The minimum atomic E-state index is 0.0999. The number of nitrogens with zero attached hydrogens (tertiary/aromatic N) is 1. The number of aromatic nitrogens is 1. The lowest BCUT2D eigenvalue weighted by Crippen LogP contribution is -1.74. The summed E-state index contributed by atoms with van der Waals surface area (Å²) in [7, 11) is 0. The molecule has 0 fully saturated rings. The highest BCUT2D eigenvalue weighted by atomic mass is 79.9. The Morgan fingerprint density at radius 1 is 1.29 bits per heavy atom. The molecule has 2 aromatic rings. The van der Waals surface area contributed by atoms with E-state index in [9.17, 15) is 4.79 Å².